The average Bonchev–Trinajstić information content (AvgIpc) is 2.46. The highest BCUT2D eigenvalue weighted by atomic mass is 35.5. The molecule has 0 aromatic heterocycles. The van der Waals surface area contributed by atoms with Crippen LogP contribution in [0.2, 0.25) is 5.02 Å². The van der Waals surface area contributed by atoms with Gasteiger partial charge in [-0.25, -0.2) is 0 Å². The summed E-state index contributed by atoms with van der Waals surface area (Å²) in [5.41, 5.74) is 3.54. The molecule has 2 N–H and O–H groups in total. The van der Waals surface area contributed by atoms with Crippen LogP contribution >= 0.6 is 11.6 Å². The molecule has 2 aromatic rings. The number of aryl methyl sites for hydroxylation is 1. The molecule has 2 aromatic carbocycles. The minimum atomic E-state index is -0.445. The van der Waals surface area contributed by atoms with Gasteiger partial charge in [0.2, 0.25) is 0 Å². The summed E-state index contributed by atoms with van der Waals surface area (Å²) in [6.07, 6.45) is 1.66. The van der Waals surface area contributed by atoms with E-state index in [2.05, 4.69) is 5.32 Å². The fraction of sp³-hybridized carbons (Fsp3) is 0.118. The molecule has 0 aliphatic heterocycles. The number of nitro benzene ring substituents is 1. The van der Waals surface area contributed by atoms with E-state index in [0.29, 0.717) is 22.1 Å². The Morgan fingerprint density at radius 3 is 2.43 bits per heavy atom. The van der Waals surface area contributed by atoms with Crippen molar-refractivity contribution >= 4 is 34.4 Å². The average molecular weight is 330 g/mol. The molecule has 0 saturated heterocycles. The van der Waals surface area contributed by atoms with E-state index in [1.807, 2.05) is 25.1 Å². The lowest BCUT2D eigenvalue weighted by molar-refractivity contribution is -0.384. The third kappa shape index (κ3) is 4.40. The first kappa shape index (κ1) is 16.7. The summed E-state index contributed by atoms with van der Waals surface area (Å²) in [4.78, 5) is 10.3. The van der Waals surface area contributed by atoms with Crippen LogP contribution in [0.1, 0.15) is 18.1 Å². The van der Waals surface area contributed by atoms with E-state index >= 15 is 0 Å². The first-order valence-electron chi connectivity index (χ1n) is 6.91. The molecule has 0 aliphatic rings. The maximum Gasteiger partial charge on any atom is 0.269 e. The third-order valence-electron chi connectivity index (χ3n) is 3.13. The summed E-state index contributed by atoms with van der Waals surface area (Å²) in [6.45, 7) is 3.62. The summed E-state index contributed by atoms with van der Waals surface area (Å²) in [5.74, 6) is 0. The molecular formula is C17H16ClN3O2. The second-order valence-electron chi connectivity index (χ2n) is 5.15. The van der Waals surface area contributed by atoms with Gasteiger partial charge in [-0.05, 0) is 43.7 Å². The number of benzene rings is 2. The predicted molar refractivity (Wildman–Crippen MR) is 94.3 cm³/mol. The minimum Gasteiger partial charge on any atom is -0.355 e. The van der Waals surface area contributed by atoms with Crippen LogP contribution in [-0.2, 0) is 0 Å². The van der Waals surface area contributed by atoms with Crippen molar-refractivity contribution in [2.75, 3.05) is 5.32 Å². The number of anilines is 1. The summed E-state index contributed by atoms with van der Waals surface area (Å²) in [6, 6.07) is 11.8. The lowest BCUT2D eigenvalue weighted by Crippen LogP contribution is -2.02. The van der Waals surface area contributed by atoms with E-state index in [1.165, 1.54) is 12.1 Å². The van der Waals surface area contributed by atoms with Crippen molar-refractivity contribution in [1.82, 2.24) is 0 Å². The van der Waals surface area contributed by atoms with Crippen LogP contribution in [0.5, 0.6) is 0 Å². The van der Waals surface area contributed by atoms with E-state index in [0.717, 1.165) is 11.1 Å². The Bertz CT molecular complexity index is 783. The first-order valence-corrected chi connectivity index (χ1v) is 7.29. The number of allylic oxidation sites excluding steroid dienone is 1. The number of rotatable bonds is 5. The van der Waals surface area contributed by atoms with Crippen LogP contribution in [0.15, 0.2) is 48.5 Å². The van der Waals surface area contributed by atoms with E-state index in [-0.39, 0.29) is 5.69 Å². The topological polar surface area (TPSA) is 79.0 Å². The number of nitrogens with zero attached hydrogens (tertiary/aromatic N) is 1. The quantitative estimate of drug-likeness (QED) is 0.457. The van der Waals surface area contributed by atoms with Gasteiger partial charge in [0.25, 0.3) is 5.69 Å². The summed E-state index contributed by atoms with van der Waals surface area (Å²) >= 11 is 6.30. The van der Waals surface area contributed by atoms with E-state index in [9.17, 15) is 10.1 Å². The highest BCUT2D eigenvalue weighted by molar-refractivity contribution is 6.32. The van der Waals surface area contributed by atoms with Gasteiger partial charge in [-0.1, -0.05) is 23.7 Å². The Kier molecular flexibility index (Phi) is 5.13. The molecular weight excluding hydrogens is 314 g/mol. The van der Waals surface area contributed by atoms with Crippen molar-refractivity contribution in [3.8, 4) is 0 Å². The fourth-order valence-electron chi connectivity index (χ4n) is 2.06. The molecule has 0 saturated carbocycles. The standard InChI is InChI=1S/C17H16ClN3O2/c1-11-3-8-15(16(18)9-11)17(10-12(2)19)20-13-4-6-14(7-5-13)21(22)23/h3-10,19-20H,1-2H3/b17-10-,19-12?. The Morgan fingerprint density at radius 1 is 1.26 bits per heavy atom. The molecule has 0 fully saturated rings. The molecule has 0 radical (unpaired) electrons. The van der Waals surface area contributed by atoms with Crippen LogP contribution in [0.3, 0.4) is 0 Å². The van der Waals surface area contributed by atoms with Gasteiger partial charge in [0.1, 0.15) is 0 Å². The fourth-order valence-corrected chi connectivity index (χ4v) is 2.40. The van der Waals surface area contributed by atoms with Crippen LogP contribution in [0, 0.1) is 22.4 Å². The minimum absolute atomic E-state index is 0.0256. The Labute approximate surface area is 139 Å². The number of non-ortho nitro benzene ring substituents is 1. The Hall–Kier alpha value is -2.66. The number of halogens is 1. The molecule has 5 nitrogen and oxygen atoms in total. The largest absolute Gasteiger partial charge is 0.355 e. The zero-order valence-electron chi connectivity index (χ0n) is 12.8. The van der Waals surface area contributed by atoms with Crippen LogP contribution in [0.25, 0.3) is 5.70 Å². The summed E-state index contributed by atoms with van der Waals surface area (Å²) < 4.78 is 0. The van der Waals surface area contributed by atoms with Crippen LogP contribution in [0.4, 0.5) is 11.4 Å². The zero-order valence-corrected chi connectivity index (χ0v) is 13.5. The maximum absolute atomic E-state index is 10.7. The summed E-state index contributed by atoms with van der Waals surface area (Å²) in [7, 11) is 0. The molecule has 0 aliphatic carbocycles. The van der Waals surface area contributed by atoms with Crippen molar-refractivity contribution < 1.29 is 4.92 Å². The zero-order chi connectivity index (χ0) is 17.0. The molecule has 0 unspecified atom stereocenters. The molecule has 2 rings (SSSR count). The molecule has 0 atom stereocenters. The van der Waals surface area contributed by atoms with Gasteiger partial charge in [0.05, 0.1) is 9.95 Å². The number of hydrogen-bond donors (Lipinski definition) is 2. The second kappa shape index (κ2) is 7.07. The summed E-state index contributed by atoms with van der Waals surface area (Å²) in [5, 5.41) is 22.1. The highest BCUT2D eigenvalue weighted by Crippen LogP contribution is 2.27. The second-order valence-corrected chi connectivity index (χ2v) is 5.56. The molecule has 6 heteroatoms. The van der Waals surface area contributed by atoms with Gasteiger partial charge in [-0.2, -0.15) is 0 Å². The van der Waals surface area contributed by atoms with E-state index in [1.54, 1.807) is 25.1 Å². The SMILES string of the molecule is CC(=N)/C=C(\Nc1ccc([N+](=O)[O-])cc1)c1ccc(C)cc1Cl. The van der Waals surface area contributed by atoms with Gasteiger partial charge >= 0.3 is 0 Å². The van der Waals surface area contributed by atoms with Gasteiger partial charge in [-0.3, -0.25) is 10.1 Å². The Balaban J connectivity index is 2.36. The van der Waals surface area contributed by atoms with Crippen molar-refractivity contribution in [1.29, 1.82) is 5.41 Å². The van der Waals surface area contributed by atoms with E-state index in [4.69, 9.17) is 17.0 Å². The van der Waals surface area contributed by atoms with Gasteiger partial charge in [0.15, 0.2) is 0 Å². The molecule has 0 bridgehead atoms. The first-order chi connectivity index (χ1) is 10.9. The molecule has 23 heavy (non-hydrogen) atoms. The number of hydrogen-bond acceptors (Lipinski definition) is 4. The van der Waals surface area contributed by atoms with Gasteiger partial charge < -0.3 is 10.7 Å². The maximum atomic E-state index is 10.7. The lowest BCUT2D eigenvalue weighted by Gasteiger charge is -2.13. The van der Waals surface area contributed by atoms with Gasteiger partial charge in [-0.15, -0.1) is 0 Å². The molecule has 0 spiro atoms. The van der Waals surface area contributed by atoms with E-state index < -0.39 is 4.92 Å². The normalized spacial score (nSPS) is 11.2. The van der Waals surface area contributed by atoms with Gasteiger partial charge in [0, 0.05) is 34.8 Å². The molecule has 118 valence electrons. The molecule has 0 heterocycles. The Morgan fingerprint density at radius 2 is 1.91 bits per heavy atom. The van der Waals surface area contributed by atoms with Crippen molar-refractivity contribution in [3.63, 3.8) is 0 Å². The lowest BCUT2D eigenvalue weighted by atomic mass is 10.1. The van der Waals surface area contributed by atoms with Crippen LogP contribution < -0.4 is 5.32 Å². The number of nitrogens with one attached hydrogen (secondary N) is 2. The smallest absolute Gasteiger partial charge is 0.269 e. The van der Waals surface area contributed by atoms with Crippen molar-refractivity contribution in [2.24, 2.45) is 0 Å². The van der Waals surface area contributed by atoms with Crippen molar-refractivity contribution in [2.45, 2.75) is 13.8 Å². The third-order valence-corrected chi connectivity index (χ3v) is 3.45. The number of nitro groups is 1. The predicted octanol–water partition coefficient (Wildman–Crippen LogP) is 5.05. The molecule has 0 amide bonds. The highest BCUT2D eigenvalue weighted by Gasteiger charge is 2.09. The van der Waals surface area contributed by atoms with Crippen molar-refractivity contribution in [3.05, 3.63) is 74.8 Å². The monoisotopic (exact) mass is 329 g/mol. The van der Waals surface area contributed by atoms with Crippen LogP contribution in [-0.4, -0.2) is 10.6 Å².